The summed E-state index contributed by atoms with van der Waals surface area (Å²) in [7, 11) is 0. The molecule has 3 rings (SSSR count). The number of H-pyrrole nitrogens is 1. The Bertz CT molecular complexity index is 625. The van der Waals surface area contributed by atoms with Crippen molar-refractivity contribution in [3.8, 4) is 0 Å². The van der Waals surface area contributed by atoms with Crippen LogP contribution in [0.4, 0.5) is 0 Å². The molecule has 1 fully saturated rings. The molecule has 0 saturated carbocycles. The van der Waals surface area contributed by atoms with Crippen molar-refractivity contribution in [1.82, 2.24) is 14.9 Å². The topological polar surface area (TPSA) is 75.0 Å². The van der Waals surface area contributed by atoms with Crippen LogP contribution in [0.15, 0.2) is 16.2 Å². The molecule has 1 saturated heterocycles. The highest BCUT2D eigenvalue weighted by Crippen LogP contribution is 2.18. The fourth-order valence-corrected chi connectivity index (χ4v) is 3.58. The summed E-state index contributed by atoms with van der Waals surface area (Å²) in [4.78, 5) is 21.6. The normalized spacial score (nSPS) is 24.9. The van der Waals surface area contributed by atoms with Crippen LogP contribution < -0.4 is 11.3 Å². The number of aromatic nitrogens is 2. The Morgan fingerprint density at radius 3 is 3.21 bits per heavy atom. The first-order valence-electron chi connectivity index (χ1n) is 6.56. The highest BCUT2D eigenvalue weighted by atomic mass is 32.1. The van der Waals surface area contributed by atoms with Gasteiger partial charge < -0.3 is 10.7 Å². The van der Waals surface area contributed by atoms with Gasteiger partial charge in [-0.1, -0.05) is 6.92 Å². The second-order valence-corrected chi connectivity index (χ2v) is 6.36. The summed E-state index contributed by atoms with van der Waals surface area (Å²) in [6.07, 6.45) is 1.07. The van der Waals surface area contributed by atoms with Crippen molar-refractivity contribution in [3.63, 3.8) is 0 Å². The van der Waals surface area contributed by atoms with Crippen LogP contribution in [0.1, 0.15) is 19.2 Å². The zero-order valence-electron chi connectivity index (χ0n) is 10.9. The summed E-state index contributed by atoms with van der Waals surface area (Å²) in [6, 6.07) is 2.11. The second kappa shape index (κ2) is 5.03. The molecule has 2 unspecified atom stereocenters. The lowest BCUT2D eigenvalue weighted by atomic mass is 9.97. The zero-order valence-corrected chi connectivity index (χ0v) is 11.7. The summed E-state index contributed by atoms with van der Waals surface area (Å²) in [5.41, 5.74) is 6.79. The van der Waals surface area contributed by atoms with E-state index in [1.807, 2.05) is 11.4 Å². The lowest BCUT2D eigenvalue weighted by Crippen LogP contribution is -2.46. The molecule has 0 amide bonds. The highest BCUT2D eigenvalue weighted by Gasteiger charge is 2.22. The fraction of sp³-hybridized carbons (Fsp3) is 0.538. The lowest BCUT2D eigenvalue weighted by molar-refractivity contribution is 0.155. The standard InChI is InChI=1S/C13H18N4OS/c1-8-4-9(14)6-17(5-8)7-11-15-10-2-3-19-12(10)13(18)16-11/h2-3,8-9H,4-7,14H2,1H3,(H,15,16,18). The van der Waals surface area contributed by atoms with E-state index in [4.69, 9.17) is 5.73 Å². The van der Waals surface area contributed by atoms with Gasteiger partial charge >= 0.3 is 0 Å². The van der Waals surface area contributed by atoms with Crippen molar-refractivity contribution in [2.45, 2.75) is 25.9 Å². The molecular weight excluding hydrogens is 260 g/mol. The predicted molar refractivity (Wildman–Crippen MR) is 77.3 cm³/mol. The van der Waals surface area contributed by atoms with E-state index in [-0.39, 0.29) is 11.6 Å². The number of nitrogens with zero attached hydrogens (tertiary/aromatic N) is 2. The molecule has 6 heteroatoms. The van der Waals surface area contributed by atoms with E-state index in [9.17, 15) is 4.79 Å². The van der Waals surface area contributed by atoms with E-state index in [0.29, 0.717) is 17.2 Å². The maximum atomic E-state index is 11.9. The van der Waals surface area contributed by atoms with Crippen LogP contribution in [0, 0.1) is 5.92 Å². The third-order valence-electron chi connectivity index (χ3n) is 3.50. The molecule has 1 aliphatic rings. The Kier molecular flexibility index (Phi) is 3.38. The van der Waals surface area contributed by atoms with Gasteiger partial charge in [0, 0.05) is 19.1 Å². The monoisotopic (exact) mass is 278 g/mol. The first kappa shape index (κ1) is 12.8. The van der Waals surface area contributed by atoms with Crippen molar-refractivity contribution < 1.29 is 0 Å². The van der Waals surface area contributed by atoms with Gasteiger partial charge in [-0.25, -0.2) is 4.98 Å². The quantitative estimate of drug-likeness (QED) is 0.864. The molecule has 5 nitrogen and oxygen atoms in total. The van der Waals surface area contributed by atoms with Gasteiger partial charge in [0.1, 0.15) is 10.5 Å². The van der Waals surface area contributed by atoms with E-state index < -0.39 is 0 Å². The number of piperidine rings is 1. The third kappa shape index (κ3) is 2.70. The van der Waals surface area contributed by atoms with Crippen molar-refractivity contribution >= 4 is 21.6 Å². The van der Waals surface area contributed by atoms with E-state index in [1.54, 1.807) is 0 Å². The first-order chi connectivity index (χ1) is 9.11. The molecule has 0 radical (unpaired) electrons. The Hall–Kier alpha value is -1.24. The summed E-state index contributed by atoms with van der Waals surface area (Å²) in [5.74, 6) is 1.33. The average molecular weight is 278 g/mol. The van der Waals surface area contributed by atoms with Crippen LogP contribution in [-0.2, 0) is 6.54 Å². The minimum atomic E-state index is -0.0376. The van der Waals surface area contributed by atoms with E-state index in [0.717, 1.165) is 30.9 Å². The van der Waals surface area contributed by atoms with Gasteiger partial charge in [-0.2, -0.15) is 0 Å². The summed E-state index contributed by atoms with van der Waals surface area (Å²) < 4.78 is 0.701. The molecule has 0 aromatic carbocycles. The Morgan fingerprint density at radius 1 is 1.58 bits per heavy atom. The number of nitrogens with one attached hydrogen (secondary N) is 1. The summed E-state index contributed by atoms with van der Waals surface area (Å²) in [6.45, 7) is 4.76. The number of likely N-dealkylation sites (tertiary alicyclic amines) is 1. The Balaban J connectivity index is 1.83. The number of fused-ring (bicyclic) bond motifs is 1. The zero-order chi connectivity index (χ0) is 13.4. The van der Waals surface area contributed by atoms with Crippen LogP contribution >= 0.6 is 11.3 Å². The number of hydrogen-bond donors (Lipinski definition) is 2. The van der Waals surface area contributed by atoms with Crippen LogP contribution in [0.5, 0.6) is 0 Å². The number of hydrogen-bond acceptors (Lipinski definition) is 5. The van der Waals surface area contributed by atoms with Crippen molar-refractivity contribution in [1.29, 1.82) is 0 Å². The molecule has 3 heterocycles. The molecule has 2 atom stereocenters. The van der Waals surface area contributed by atoms with Gasteiger partial charge in [0.15, 0.2) is 0 Å². The van der Waals surface area contributed by atoms with Crippen LogP contribution in [0.25, 0.3) is 10.2 Å². The molecule has 2 aromatic heterocycles. The molecule has 1 aliphatic heterocycles. The maximum absolute atomic E-state index is 11.9. The van der Waals surface area contributed by atoms with E-state index in [2.05, 4.69) is 21.8 Å². The number of rotatable bonds is 2. The van der Waals surface area contributed by atoms with Crippen molar-refractivity contribution in [2.75, 3.05) is 13.1 Å². The maximum Gasteiger partial charge on any atom is 0.268 e. The fourth-order valence-electron chi connectivity index (χ4n) is 2.85. The molecular formula is C13H18N4OS. The molecule has 0 spiro atoms. The van der Waals surface area contributed by atoms with Crippen molar-refractivity contribution in [3.05, 3.63) is 27.6 Å². The molecule has 0 bridgehead atoms. The van der Waals surface area contributed by atoms with Crippen molar-refractivity contribution in [2.24, 2.45) is 11.7 Å². The van der Waals surface area contributed by atoms with Crippen LogP contribution in [-0.4, -0.2) is 34.0 Å². The third-order valence-corrected chi connectivity index (χ3v) is 4.41. The molecule has 3 N–H and O–H groups in total. The lowest BCUT2D eigenvalue weighted by Gasteiger charge is -2.34. The van der Waals surface area contributed by atoms with Gasteiger partial charge in [0.2, 0.25) is 0 Å². The Morgan fingerprint density at radius 2 is 2.42 bits per heavy atom. The van der Waals surface area contributed by atoms with E-state index >= 15 is 0 Å². The molecule has 19 heavy (non-hydrogen) atoms. The van der Waals surface area contributed by atoms with Gasteiger partial charge in [-0.15, -0.1) is 11.3 Å². The van der Waals surface area contributed by atoms with Crippen LogP contribution in [0.3, 0.4) is 0 Å². The number of aromatic amines is 1. The molecule has 0 aliphatic carbocycles. The predicted octanol–water partition coefficient (Wildman–Crippen LogP) is 1.15. The van der Waals surface area contributed by atoms with Gasteiger partial charge in [0.05, 0.1) is 12.1 Å². The van der Waals surface area contributed by atoms with Gasteiger partial charge in [0.25, 0.3) is 5.56 Å². The second-order valence-electron chi connectivity index (χ2n) is 5.44. The highest BCUT2D eigenvalue weighted by molar-refractivity contribution is 7.17. The number of thiophene rings is 1. The molecule has 102 valence electrons. The minimum absolute atomic E-state index is 0.0376. The Labute approximate surface area is 115 Å². The van der Waals surface area contributed by atoms with E-state index in [1.165, 1.54) is 11.3 Å². The average Bonchev–Trinajstić information content (AvgIpc) is 2.75. The smallest absolute Gasteiger partial charge is 0.268 e. The number of nitrogens with two attached hydrogens (primary N) is 1. The van der Waals surface area contributed by atoms with Crippen LogP contribution in [0.2, 0.25) is 0 Å². The first-order valence-corrected chi connectivity index (χ1v) is 7.44. The summed E-state index contributed by atoms with van der Waals surface area (Å²) in [5, 5.41) is 1.90. The minimum Gasteiger partial charge on any atom is -0.327 e. The molecule has 2 aromatic rings. The SMILES string of the molecule is CC1CC(N)CN(Cc2nc3ccsc3c(=O)[nH]2)C1. The van der Waals surface area contributed by atoms with Gasteiger partial charge in [-0.05, 0) is 23.8 Å². The summed E-state index contributed by atoms with van der Waals surface area (Å²) >= 11 is 1.43. The largest absolute Gasteiger partial charge is 0.327 e. The van der Waals surface area contributed by atoms with Gasteiger partial charge in [-0.3, -0.25) is 9.69 Å².